The summed E-state index contributed by atoms with van der Waals surface area (Å²) in [6.07, 6.45) is 1.03. The summed E-state index contributed by atoms with van der Waals surface area (Å²) in [4.78, 5) is 82.7. The van der Waals surface area contributed by atoms with E-state index < -0.39 is 66.1 Å². The predicted octanol–water partition coefficient (Wildman–Crippen LogP) is 3.06. The number of nitrogens with zero attached hydrogens (tertiary/aromatic N) is 2. The summed E-state index contributed by atoms with van der Waals surface area (Å²) in [7, 11) is 3.17. The van der Waals surface area contributed by atoms with E-state index in [0.717, 1.165) is 17.9 Å². The number of likely N-dealkylation sites (tertiary alicyclic amines) is 1. The van der Waals surface area contributed by atoms with Crippen molar-refractivity contribution in [1.29, 1.82) is 0 Å². The van der Waals surface area contributed by atoms with Crippen molar-refractivity contribution < 1.29 is 38.2 Å². The van der Waals surface area contributed by atoms with Crippen molar-refractivity contribution in [2.24, 2.45) is 11.3 Å². The molecule has 0 bridgehead atoms. The Bertz CT molecular complexity index is 1500. The third kappa shape index (κ3) is 11.6. The van der Waals surface area contributed by atoms with Crippen LogP contribution in [-0.4, -0.2) is 125 Å². The Labute approximate surface area is 327 Å². The largest absolute Gasteiger partial charge is 0.449 e. The molecule has 0 saturated carbocycles. The number of nitrogens with one attached hydrogen (secondary N) is 4. The van der Waals surface area contributed by atoms with Crippen LogP contribution < -0.4 is 21.3 Å². The van der Waals surface area contributed by atoms with Gasteiger partial charge in [0, 0.05) is 20.6 Å². The van der Waals surface area contributed by atoms with Gasteiger partial charge in [0.25, 0.3) is 5.91 Å². The van der Waals surface area contributed by atoms with Gasteiger partial charge in [-0.25, -0.2) is 4.79 Å². The van der Waals surface area contributed by atoms with Crippen LogP contribution in [0.15, 0.2) is 30.3 Å². The standard InChI is InChI=1S/C38H58N6O8S2/c1-9-14-25(29(46)32(47)39-20-27(45)41-28(34(48)43(7)8)24-15-11-10-12-16-24)40-33-30(52-33)26-19-38(53-17-13-18-54-38)22-44(26)35(49)31(37(4,5)6)42-36(50)51-21-23(2)3/h10-12,15-16,23,25-26,28,30-31,33,40H,9,13-14,17-22H2,1-8H3,(H,39,47)(H,41,45)(H,42,50)/t25-,26+,28?,30?,31-,33+/m1/s1. The molecule has 3 aliphatic rings. The number of carbonyl (C=O) groups is 6. The lowest BCUT2D eigenvalue weighted by Crippen LogP contribution is -2.57. The van der Waals surface area contributed by atoms with Crippen LogP contribution in [0.1, 0.15) is 78.8 Å². The number of rotatable bonds is 16. The van der Waals surface area contributed by atoms with Gasteiger partial charge in [0.05, 0.1) is 29.3 Å². The van der Waals surface area contributed by atoms with Crippen molar-refractivity contribution in [2.45, 2.75) is 108 Å². The van der Waals surface area contributed by atoms with Crippen LogP contribution in [0.5, 0.6) is 0 Å². The van der Waals surface area contributed by atoms with Crippen molar-refractivity contribution in [3.63, 3.8) is 0 Å². The van der Waals surface area contributed by atoms with E-state index in [4.69, 9.17) is 9.47 Å². The van der Waals surface area contributed by atoms with Gasteiger partial charge in [0.1, 0.15) is 24.4 Å². The van der Waals surface area contributed by atoms with Crippen molar-refractivity contribution in [3.05, 3.63) is 35.9 Å². The predicted molar refractivity (Wildman–Crippen MR) is 209 cm³/mol. The second-order valence-electron chi connectivity index (χ2n) is 15.9. The number of Topliss-reactive ketones (excluding diaryl/α,β-unsaturated/α-hetero) is 1. The van der Waals surface area contributed by atoms with Crippen LogP contribution in [0.4, 0.5) is 4.79 Å². The van der Waals surface area contributed by atoms with Crippen molar-refractivity contribution in [1.82, 2.24) is 31.1 Å². The molecule has 4 rings (SSSR count). The summed E-state index contributed by atoms with van der Waals surface area (Å²) >= 11 is 3.71. The number of carbonyl (C=O) groups excluding carboxylic acids is 6. The topological polar surface area (TPSA) is 179 Å². The maximum Gasteiger partial charge on any atom is 0.407 e. The summed E-state index contributed by atoms with van der Waals surface area (Å²) in [6.45, 7) is 11.7. The van der Waals surface area contributed by atoms with Gasteiger partial charge >= 0.3 is 6.09 Å². The summed E-state index contributed by atoms with van der Waals surface area (Å²) in [5, 5.41) is 11.1. The minimum absolute atomic E-state index is 0.144. The van der Waals surface area contributed by atoms with Gasteiger partial charge < -0.3 is 35.2 Å². The Balaban J connectivity index is 1.42. The van der Waals surface area contributed by atoms with Gasteiger partial charge in [-0.05, 0) is 47.7 Å². The first-order valence-electron chi connectivity index (χ1n) is 18.8. The summed E-state index contributed by atoms with van der Waals surface area (Å²) < 4.78 is 11.3. The van der Waals surface area contributed by atoms with E-state index in [-0.39, 0.29) is 34.5 Å². The fourth-order valence-electron chi connectivity index (χ4n) is 6.58. The molecule has 3 saturated heterocycles. The van der Waals surface area contributed by atoms with E-state index in [1.54, 1.807) is 44.4 Å². The third-order valence-electron chi connectivity index (χ3n) is 9.48. The first-order chi connectivity index (χ1) is 25.5. The summed E-state index contributed by atoms with van der Waals surface area (Å²) in [6, 6.07) is 5.73. The summed E-state index contributed by atoms with van der Waals surface area (Å²) in [5.74, 6) is -0.745. The van der Waals surface area contributed by atoms with Crippen LogP contribution in [0.2, 0.25) is 0 Å². The molecule has 0 aliphatic carbocycles. The number of benzene rings is 1. The van der Waals surface area contributed by atoms with Crippen LogP contribution in [0, 0.1) is 11.3 Å². The minimum atomic E-state index is -0.959. The fourth-order valence-corrected chi connectivity index (χ4v) is 9.96. The average molecular weight is 791 g/mol. The van der Waals surface area contributed by atoms with Gasteiger partial charge in [0.2, 0.25) is 23.5 Å². The highest BCUT2D eigenvalue weighted by molar-refractivity contribution is 8.18. The molecule has 300 valence electrons. The molecule has 1 aromatic rings. The van der Waals surface area contributed by atoms with E-state index in [9.17, 15) is 28.8 Å². The normalized spacial score (nSPS) is 22.2. The molecule has 6 atom stereocenters. The molecule has 3 aliphatic heterocycles. The molecular formula is C38H58N6O8S2. The smallest absolute Gasteiger partial charge is 0.407 e. The molecule has 54 heavy (non-hydrogen) atoms. The summed E-state index contributed by atoms with van der Waals surface area (Å²) in [5.41, 5.74) is -0.0299. The van der Waals surface area contributed by atoms with E-state index in [1.807, 2.05) is 70.0 Å². The minimum Gasteiger partial charge on any atom is -0.449 e. The maximum atomic E-state index is 14.4. The Morgan fingerprint density at radius 2 is 1.70 bits per heavy atom. The number of ketones is 1. The highest BCUT2D eigenvalue weighted by Gasteiger charge is 2.58. The Kier molecular flexibility index (Phi) is 15.3. The monoisotopic (exact) mass is 790 g/mol. The molecule has 3 heterocycles. The Hall–Kier alpha value is -3.34. The number of amides is 5. The zero-order valence-corrected chi connectivity index (χ0v) is 34.4. The number of likely N-dealkylation sites (N-methyl/N-ethyl adjacent to an activating group) is 1. The van der Waals surface area contributed by atoms with Crippen molar-refractivity contribution in [2.75, 3.05) is 45.3 Å². The van der Waals surface area contributed by atoms with E-state index in [1.165, 1.54) is 4.90 Å². The zero-order valence-electron chi connectivity index (χ0n) is 32.8. The molecule has 5 amide bonds. The van der Waals surface area contributed by atoms with Crippen molar-refractivity contribution >= 4 is 59.0 Å². The molecule has 1 aromatic carbocycles. The molecule has 4 N–H and O–H groups in total. The van der Waals surface area contributed by atoms with Gasteiger partial charge in [-0.2, -0.15) is 0 Å². The second-order valence-corrected chi connectivity index (χ2v) is 19.1. The molecule has 2 unspecified atom stereocenters. The molecule has 16 heteroatoms. The van der Waals surface area contributed by atoms with Crippen LogP contribution >= 0.6 is 23.5 Å². The van der Waals surface area contributed by atoms with Crippen LogP contribution in [0.3, 0.4) is 0 Å². The number of hydrogen-bond donors (Lipinski definition) is 4. The molecular weight excluding hydrogens is 733 g/mol. The van der Waals surface area contributed by atoms with E-state index in [2.05, 4.69) is 21.3 Å². The number of hydrogen-bond acceptors (Lipinski definition) is 11. The first kappa shape index (κ1) is 43.4. The van der Waals surface area contributed by atoms with Crippen LogP contribution in [-0.2, 0) is 33.4 Å². The van der Waals surface area contributed by atoms with Crippen LogP contribution in [0.25, 0.3) is 0 Å². The van der Waals surface area contributed by atoms with Crippen molar-refractivity contribution in [3.8, 4) is 0 Å². The number of alkyl carbamates (subject to hydrolysis) is 1. The Morgan fingerprint density at radius 3 is 2.30 bits per heavy atom. The third-order valence-corrected chi connectivity index (χ3v) is 12.8. The highest BCUT2D eigenvalue weighted by atomic mass is 32.2. The lowest BCUT2D eigenvalue weighted by atomic mass is 9.85. The van der Waals surface area contributed by atoms with Gasteiger partial charge in [0.15, 0.2) is 0 Å². The number of thioether (sulfide) groups is 2. The maximum absolute atomic E-state index is 14.4. The quantitative estimate of drug-likeness (QED) is 0.143. The lowest BCUT2D eigenvalue weighted by Gasteiger charge is -2.36. The Morgan fingerprint density at radius 1 is 1.04 bits per heavy atom. The lowest BCUT2D eigenvalue weighted by molar-refractivity contribution is -0.140. The van der Waals surface area contributed by atoms with E-state index in [0.29, 0.717) is 31.4 Å². The van der Waals surface area contributed by atoms with E-state index >= 15 is 0 Å². The molecule has 14 nitrogen and oxygen atoms in total. The van der Waals surface area contributed by atoms with Gasteiger partial charge in [-0.1, -0.05) is 78.3 Å². The van der Waals surface area contributed by atoms with Gasteiger partial charge in [-0.3, -0.25) is 29.3 Å². The van der Waals surface area contributed by atoms with Gasteiger partial charge in [-0.15, -0.1) is 23.5 Å². The zero-order chi connectivity index (χ0) is 39.8. The molecule has 1 spiro atoms. The highest BCUT2D eigenvalue weighted by Crippen LogP contribution is 2.53. The molecule has 0 aromatic heterocycles. The SMILES string of the molecule is CCC[C@@H](N[C@H]1OC1[C@@H]1CC2(CN1C(=O)[C@@H](NC(=O)OCC(C)C)C(C)(C)C)SCCCS2)C(=O)C(=O)NCC(=O)NC(C(=O)N(C)C)c1ccccc1. The average Bonchev–Trinajstić information content (AvgIpc) is 3.80. The molecule has 0 radical (unpaired) electrons. The first-order valence-corrected chi connectivity index (χ1v) is 20.7. The number of epoxide rings is 1. The number of ether oxygens (including phenoxy) is 2. The molecule has 3 fully saturated rings. The second kappa shape index (κ2) is 19.0. The fraction of sp³-hybridized carbons (Fsp3) is 0.684.